The lowest BCUT2D eigenvalue weighted by atomic mass is 10.1. The van der Waals surface area contributed by atoms with E-state index in [2.05, 4.69) is 50.4 Å². The molecule has 1 unspecified atom stereocenters. The molecule has 2 aromatic heterocycles. The molecular weight excluding hydrogens is 252 g/mol. The minimum absolute atomic E-state index is 0.179. The second-order valence-corrected chi connectivity index (χ2v) is 5.55. The smallest absolute Gasteiger partial charge is 0.155 e. The maximum Gasteiger partial charge on any atom is 0.155 e. The average Bonchev–Trinajstić information content (AvgIpc) is 2.84. The Balaban J connectivity index is 1.95. The maximum absolute atomic E-state index is 4.52. The van der Waals surface area contributed by atoms with Crippen molar-refractivity contribution in [1.82, 2.24) is 24.7 Å². The molecule has 0 spiro atoms. The number of anilines is 1. The van der Waals surface area contributed by atoms with Crippen molar-refractivity contribution in [3.8, 4) is 0 Å². The molecule has 3 heterocycles. The highest BCUT2D eigenvalue weighted by Gasteiger charge is 2.29. The number of rotatable bonds is 2. The molecule has 3 rings (SSSR count). The molecule has 0 N–H and O–H groups in total. The Hall–Kier alpha value is -1.98. The van der Waals surface area contributed by atoms with Crippen LogP contribution in [0.2, 0.25) is 0 Å². The van der Waals surface area contributed by atoms with Gasteiger partial charge in [0, 0.05) is 25.2 Å². The van der Waals surface area contributed by atoms with E-state index in [0.717, 1.165) is 36.4 Å². The first kappa shape index (κ1) is 13.0. The van der Waals surface area contributed by atoms with Gasteiger partial charge in [-0.25, -0.2) is 9.97 Å². The molecule has 2 aromatic rings. The fourth-order valence-corrected chi connectivity index (χ4v) is 2.75. The minimum atomic E-state index is 0.179. The Bertz CT molecular complexity index is 618. The van der Waals surface area contributed by atoms with Gasteiger partial charge in [-0.15, -0.1) is 10.2 Å². The summed E-state index contributed by atoms with van der Waals surface area (Å²) in [4.78, 5) is 10.9. The molecule has 6 heteroatoms. The standard InChI is InChI=1S/C14H20N6/c1-9(2)13-17-18-14-10(3)19(7-8-20(13)14)12-5-6-15-11(4)16-12/h5-6,9-10H,7-8H2,1-4H3. The van der Waals surface area contributed by atoms with E-state index in [1.807, 2.05) is 19.2 Å². The molecule has 20 heavy (non-hydrogen) atoms. The minimum Gasteiger partial charge on any atom is -0.345 e. The largest absolute Gasteiger partial charge is 0.345 e. The molecule has 1 aliphatic heterocycles. The summed E-state index contributed by atoms with van der Waals surface area (Å²) >= 11 is 0. The monoisotopic (exact) mass is 272 g/mol. The van der Waals surface area contributed by atoms with Crippen molar-refractivity contribution >= 4 is 5.82 Å². The van der Waals surface area contributed by atoms with Crippen molar-refractivity contribution in [2.75, 3.05) is 11.4 Å². The van der Waals surface area contributed by atoms with Crippen LogP contribution < -0.4 is 4.90 Å². The van der Waals surface area contributed by atoms with Crippen LogP contribution in [0.3, 0.4) is 0 Å². The van der Waals surface area contributed by atoms with Crippen molar-refractivity contribution < 1.29 is 0 Å². The first-order chi connectivity index (χ1) is 9.58. The van der Waals surface area contributed by atoms with Gasteiger partial charge in [0.05, 0.1) is 6.04 Å². The molecule has 0 bridgehead atoms. The molecule has 106 valence electrons. The van der Waals surface area contributed by atoms with Crippen molar-refractivity contribution in [1.29, 1.82) is 0 Å². The first-order valence-electron chi connectivity index (χ1n) is 7.07. The fourth-order valence-electron chi connectivity index (χ4n) is 2.75. The molecular formula is C14H20N6. The van der Waals surface area contributed by atoms with Crippen molar-refractivity contribution in [2.24, 2.45) is 0 Å². The van der Waals surface area contributed by atoms with Gasteiger partial charge in [0.15, 0.2) is 5.82 Å². The van der Waals surface area contributed by atoms with Crippen LogP contribution in [-0.4, -0.2) is 31.3 Å². The van der Waals surface area contributed by atoms with Gasteiger partial charge in [0.2, 0.25) is 0 Å². The van der Waals surface area contributed by atoms with Crippen LogP contribution in [0.15, 0.2) is 12.3 Å². The molecule has 0 saturated carbocycles. The van der Waals surface area contributed by atoms with E-state index in [4.69, 9.17) is 0 Å². The summed E-state index contributed by atoms with van der Waals surface area (Å²) in [7, 11) is 0. The number of aryl methyl sites for hydroxylation is 1. The topological polar surface area (TPSA) is 59.7 Å². The zero-order chi connectivity index (χ0) is 14.3. The molecule has 0 aliphatic carbocycles. The van der Waals surface area contributed by atoms with E-state index in [-0.39, 0.29) is 6.04 Å². The second-order valence-electron chi connectivity index (χ2n) is 5.55. The van der Waals surface area contributed by atoms with Gasteiger partial charge in [-0.3, -0.25) is 0 Å². The number of nitrogens with zero attached hydrogens (tertiary/aromatic N) is 6. The Morgan fingerprint density at radius 3 is 2.75 bits per heavy atom. The van der Waals surface area contributed by atoms with E-state index >= 15 is 0 Å². The number of aromatic nitrogens is 5. The maximum atomic E-state index is 4.52. The Kier molecular flexibility index (Phi) is 3.16. The van der Waals surface area contributed by atoms with Crippen LogP contribution >= 0.6 is 0 Å². The Morgan fingerprint density at radius 2 is 2.05 bits per heavy atom. The summed E-state index contributed by atoms with van der Waals surface area (Å²) in [5.41, 5.74) is 0. The van der Waals surface area contributed by atoms with Gasteiger partial charge in [-0.2, -0.15) is 0 Å². The first-order valence-corrected chi connectivity index (χ1v) is 7.07. The normalized spacial score (nSPS) is 18.4. The van der Waals surface area contributed by atoms with Gasteiger partial charge < -0.3 is 9.47 Å². The van der Waals surface area contributed by atoms with Crippen molar-refractivity contribution in [3.05, 3.63) is 29.7 Å². The lowest BCUT2D eigenvalue weighted by Crippen LogP contribution is -2.38. The number of hydrogen-bond acceptors (Lipinski definition) is 5. The fraction of sp³-hybridized carbons (Fsp3) is 0.571. The predicted octanol–water partition coefficient (Wildman–Crippen LogP) is 2.08. The van der Waals surface area contributed by atoms with Gasteiger partial charge in [-0.1, -0.05) is 13.8 Å². The number of hydrogen-bond donors (Lipinski definition) is 0. The lowest BCUT2D eigenvalue weighted by Gasteiger charge is -2.34. The van der Waals surface area contributed by atoms with E-state index < -0.39 is 0 Å². The summed E-state index contributed by atoms with van der Waals surface area (Å²) < 4.78 is 2.25. The van der Waals surface area contributed by atoms with Crippen LogP contribution in [0, 0.1) is 6.92 Å². The van der Waals surface area contributed by atoms with E-state index in [1.54, 1.807) is 0 Å². The molecule has 0 amide bonds. The summed E-state index contributed by atoms with van der Waals surface area (Å²) in [6.07, 6.45) is 1.81. The van der Waals surface area contributed by atoms with Crippen LogP contribution in [0.25, 0.3) is 0 Å². The SMILES string of the molecule is Cc1nccc(N2CCn3c(C(C)C)nnc3C2C)n1. The molecule has 0 saturated heterocycles. The molecule has 6 nitrogen and oxygen atoms in total. The highest BCUT2D eigenvalue weighted by atomic mass is 15.4. The van der Waals surface area contributed by atoms with Gasteiger partial charge in [0.25, 0.3) is 0 Å². The van der Waals surface area contributed by atoms with Crippen molar-refractivity contribution in [3.63, 3.8) is 0 Å². The molecule has 0 fully saturated rings. The molecule has 1 atom stereocenters. The number of fused-ring (bicyclic) bond motifs is 1. The summed E-state index contributed by atoms with van der Waals surface area (Å²) in [5.74, 6) is 4.26. The summed E-state index contributed by atoms with van der Waals surface area (Å²) in [6.45, 7) is 10.2. The molecule has 1 aliphatic rings. The quantitative estimate of drug-likeness (QED) is 0.837. The third-order valence-electron chi connectivity index (χ3n) is 3.79. The van der Waals surface area contributed by atoms with E-state index in [0.29, 0.717) is 5.92 Å². The van der Waals surface area contributed by atoms with Gasteiger partial charge in [0.1, 0.15) is 17.5 Å². The highest BCUT2D eigenvalue weighted by Crippen LogP contribution is 2.29. The average molecular weight is 272 g/mol. The lowest BCUT2D eigenvalue weighted by molar-refractivity contribution is 0.476. The van der Waals surface area contributed by atoms with Crippen LogP contribution in [-0.2, 0) is 6.54 Å². The molecule has 0 aromatic carbocycles. The third kappa shape index (κ3) is 2.05. The second kappa shape index (κ2) is 4.85. The van der Waals surface area contributed by atoms with E-state index in [1.165, 1.54) is 0 Å². The molecule has 0 radical (unpaired) electrons. The third-order valence-corrected chi connectivity index (χ3v) is 3.79. The Morgan fingerprint density at radius 1 is 1.25 bits per heavy atom. The Labute approximate surface area is 118 Å². The summed E-state index contributed by atoms with van der Waals surface area (Å²) in [6, 6.07) is 2.14. The van der Waals surface area contributed by atoms with Gasteiger partial charge >= 0.3 is 0 Å². The van der Waals surface area contributed by atoms with Gasteiger partial charge in [-0.05, 0) is 19.9 Å². The van der Waals surface area contributed by atoms with E-state index in [9.17, 15) is 0 Å². The van der Waals surface area contributed by atoms with Crippen LogP contribution in [0.4, 0.5) is 5.82 Å². The zero-order valence-corrected chi connectivity index (χ0v) is 12.4. The summed E-state index contributed by atoms with van der Waals surface area (Å²) in [5, 5.41) is 8.73. The zero-order valence-electron chi connectivity index (χ0n) is 12.4. The van der Waals surface area contributed by atoms with Crippen LogP contribution in [0.1, 0.15) is 50.2 Å². The predicted molar refractivity (Wildman–Crippen MR) is 76.6 cm³/mol. The van der Waals surface area contributed by atoms with Crippen molar-refractivity contribution in [2.45, 2.75) is 46.2 Å². The van der Waals surface area contributed by atoms with Crippen LogP contribution in [0.5, 0.6) is 0 Å². The highest BCUT2D eigenvalue weighted by molar-refractivity contribution is 5.40.